The van der Waals surface area contributed by atoms with Crippen LogP contribution in [-0.2, 0) is 0 Å². The van der Waals surface area contributed by atoms with Crippen LogP contribution in [0.15, 0.2) is 18.3 Å². The number of hydrogen-bond acceptors (Lipinski definition) is 4. The minimum absolute atomic E-state index is 0.0875. The van der Waals surface area contributed by atoms with Gasteiger partial charge in [0.05, 0.1) is 12.2 Å². The summed E-state index contributed by atoms with van der Waals surface area (Å²) in [5.74, 6) is 3.51. The van der Waals surface area contributed by atoms with Crippen LogP contribution in [0.5, 0.6) is 0 Å². The van der Waals surface area contributed by atoms with Crippen molar-refractivity contribution in [2.24, 2.45) is 5.84 Å². The van der Waals surface area contributed by atoms with E-state index in [9.17, 15) is 8.78 Å². The summed E-state index contributed by atoms with van der Waals surface area (Å²) in [6.07, 6.45) is 1.39. The highest BCUT2D eigenvalue weighted by Crippen LogP contribution is 2.24. The van der Waals surface area contributed by atoms with Crippen LogP contribution in [0.3, 0.4) is 0 Å². The zero-order valence-electron chi connectivity index (χ0n) is 9.04. The molecular formula is C10H11F2N5. The SMILES string of the molecule is Cc1ccc(C(NN)c2cn[nH]n2)c(F)c1F. The number of hydrazine groups is 1. The average Bonchev–Trinajstić information content (AvgIpc) is 2.84. The van der Waals surface area contributed by atoms with Crippen molar-refractivity contribution < 1.29 is 8.78 Å². The molecule has 5 nitrogen and oxygen atoms in total. The molecule has 17 heavy (non-hydrogen) atoms. The fraction of sp³-hybridized carbons (Fsp3) is 0.200. The summed E-state index contributed by atoms with van der Waals surface area (Å²) in [6, 6.07) is 2.20. The van der Waals surface area contributed by atoms with Crippen molar-refractivity contribution in [1.82, 2.24) is 20.8 Å². The lowest BCUT2D eigenvalue weighted by atomic mass is 10.0. The van der Waals surface area contributed by atoms with Gasteiger partial charge in [-0.1, -0.05) is 12.1 Å². The minimum Gasteiger partial charge on any atom is -0.271 e. The van der Waals surface area contributed by atoms with Crippen LogP contribution in [-0.4, -0.2) is 15.4 Å². The van der Waals surface area contributed by atoms with Gasteiger partial charge in [0.2, 0.25) is 0 Å². The zero-order valence-corrected chi connectivity index (χ0v) is 9.04. The number of nitrogens with one attached hydrogen (secondary N) is 2. The number of hydrogen-bond donors (Lipinski definition) is 3. The van der Waals surface area contributed by atoms with Crippen molar-refractivity contribution in [1.29, 1.82) is 0 Å². The Bertz CT molecular complexity index is 512. The molecule has 1 heterocycles. The number of nitrogens with two attached hydrogens (primary N) is 1. The Morgan fingerprint density at radius 1 is 1.35 bits per heavy atom. The molecular weight excluding hydrogens is 228 g/mol. The van der Waals surface area contributed by atoms with Crippen LogP contribution < -0.4 is 11.3 Å². The number of aromatic nitrogens is 3. The standard InChI is InChI=1S/C10H11F2N5/c1-5-2-3-6(9(12)8(5)11)10(15-13)7-4-14-17-16-7/h2-4,10,15H,13H2,1H3,(H,14,16,17). The van der Waals surface area contributed by atoms with Gasteiger partial charge in [-0.2, -0.15) is 15.4 Å². The number of halogens is 2. The highest BCUT2D eigenvalue weighted by molar-refractivity contribution is 5.31. The van der Waals surface area contributed by atoms with E-state index in [4.69, 9.17) is 5.84 Å². The molecule has 0 amide bonds. The van der Waals surface area contributed by atoms with E-state index in [0.29, 0.717) is 5.69 Å². The maximum atomic E-state index is 13.8. The smallest absolute Gasteiger partial charge is 0.164 e. The summed E-state index contributed by atoms with van der Waals surface area (Å²) >= 11 is 0. The van der Waals surface area contributed by atoms with E-state index in [-0.39, 0.29) is 11.1 Å². The molecule has 0 aliphatic carbocycles. The monoisotopic (exact) mass is 239 g/mol. The lowest BCUT2D eigenvalue weighted by Crippen LogP contribution is -2.30. The van der Waals surface area contributed by atoms with Gasteiger partial charge in [0.25, 0.3) is 0 Å². The molecule has 0 radical (unpaired) electrons. The Hall–Kier alpha value is -1.86. The second-order valence-corrected chi connectivity index (χ2v) is 3.59. The summed E-state index contributed by atoms with van der Waals surface area (Å²) < 4.78 is 27.2. The Morgan fingerprint density at radius 2 is 2.12 bits per heavy atom. The quantitative estimate of drug-likeness (QED) is 0.550. The first-order chi connectivity index (χ1) is 8.15. The fourth-order valence-electron chi connectivity index (χ4n) is 1.57. The number of aromatic amines is 1. The Labute approximate surface area is 96.0 Å². The molecule has 0 spiro atoms. The maximum Gasteiger partial charge on any atom is 0.164 e. The number of rotatable bonds is 3. The van der Waals surface area contributed by atoms with Crippen LogP contribution in [0, 0.1) is 18.6 Å². The molecule has 1 aromatic heterocycles. The number of nitrogens with zero attached hydrogens (tertiary/aromatic N) is 2. The van der Waals surface area contributed by atoms with Crippen LogP contribution in [0.1, 0.15) is 22.9 Å². The third-order valence-electron chi connectivity index (χ3n) is 2.51. The van der Waals surface area contributed by atoms with Gasteiger partial charge in [0.15, 0.2) is 11.6 Å². The van der Waals surface area contributed by atoms with Gasteiger partial charge < -0.3 is 0 Å². The third-order valence-corrected chi connectivity index (χ3v) is 2.51. The van der Waals surface area contributed by atoms with Crippen LogP contribution in [0.25, 0.3) is 0 Å². The lowest BCUT2D eigenvalue weighted by molar-refractivity contribution is 0.476. The van der Waals surface area contributed by atoms with Crippen LogP contribution in [0.4, 0.5) is 8.78 Å². The van der Waals surface area contributed by atoms with Gasteiger partial charge in [0, 0.05) is 5.56 Å². The number of H-pyrrole nitrogens is 1. The molecule has 1 unspecified atom stereocenters. The number of aryl methyl sites for hydroxylation is 1. The van der Waals surface area contributed by atoms with E-state index in [1.54, 1.807) is 0 Å². The molecule has 0 bridgehead atoms. The second kappa shape index (κ2) is 4.56. The van der Waals surface area contributed by atoms with Gasteiger partial charge in [-0.05, 0) is 12.5 Å². The van der Waals surface area contributed by atoms with Crippen molar-refractivity contribution in [3.63, 3.8) is 0 Å². The Balaban J connectivity index is 2.49. The highest BCUT2D eigenvalue weighted by Gasteiger charge is 2.21. The van der Waals surface area contributed by atoms with Crippen molar-refractivity contribution in [2.45, 2.75) is 13.0 Å². The van der Waals surface area contributed by atoms with Gasteiger partial charge in [-0.15, -0.1) is 0 Å². The van der Waals surface area contributed by atoms with E-state index in [0.717, 1.165) is 0 Å². The van der Waals surface area contributed by atoms with Crippen LogP contribution >= 0.6 is 0 Å². The normalized spacial score (nSPS) is 12.7. The van der Waals surface area contributed by atoms with Gasteiger partial charge in [-0.3, -0.25) is 5.84 Å². The fourth-order valence-corrected chi connectivity index (χ4v) is 1.57. The number of benzene rings is 1. The molecule has 0 aliphatic heterocycles. The third kappa shape index (κ3) is 2.02. The zero-order chi connectivity index (χ0) is 12.4. The molecule has 0 aliphatic rings. The van der Waals surface area contributed by atoms with Crippen LogP contribution in [0.2, 0.25) is 0 Å². The lowest BCUT2D eigenvalue weighted by Gasteiger charge is -2.15. The molecule has 1 aromatic carbocycles. The first-order valence-electron chi connectivity index (χ1n) is 4.91. The predicted molar refractivity (Wildman–Crippen MR) is 56.6 cm³/mol. The maximum absolute atomic E-state index is 13.8. The average molecular weight is 239 g/mol. The first-order valence-corrected chi connectivity index (χ1v) is 4.91. The van der Waals surface area contributed by atoms with E-state index >= 15 is 0 Å². The summed E-state index contributed by atoms with van der Waals surface area (Å²) in [5, 5.41) is 9.78. The van der Waals surface area contributed by atoms with E-state index in [1.165, 1.54) is 25.3 Å². The summed E-state index contributed by atoms with van der Waals surface area (Å²) in [6.45, 7) is 1.49. The summed E-state index contributed by atoms with van der Waals surface area (Å²) in [5.41, 5.74) is 3.09. The Morgan fingerprint density at radius 3 is 2.71 bits per heavy atom. The topological polar surface area (TPSA) is 79.6 Å². The minimum atomic E-state index is -0.934. The van der Waals surface area contributed by atoms with Crippen molar-refractivity contribution >= 4 is 0 Å². The molecule has 1 atom stereocenters. The largest absolute Gasteiger partial charge is 0.271 e. The van der Waals surface area contributed by atoms with Crippen molar-refractivity contribution in [2.75, 3.05) is 0 Å². The Kier molecular flexibility index (Phi) is 3.12. The highest BCUT2D eigenvalue weighted by atomic mass is 19.2. The van der Waals surface area contributed by atoms with Crippen molar-refractivity contribution in [3.8, 4) is 0 Å². The van der Waals surface area contributed by atoms with Gasteiger partial charge in [0.1, 0.15) is 5.69 Å². The van der Waals surface area contributed by atoms with Crippen molar-refractivity contribution in [3.05, 3.63) is 46.8 Å². The molecule has 4 N–H and O–H groups in total. The van der Waals surface area contributed by atoms with E-state index < -0.39 is 17.7 Å². The van der Waals surface area contributed by atoms with Gasteiger partial charge >= 0.3 is 0 Å². The predicted octanol–water partition coefficient (Wildman–Crippen LogP) is 0.944. The molecule has 7 heteroatoms. The summed E-state index contributed by atoms with van der Waals surface area (Å²) in [4.78, 5) is 0. The molecule has 0 fully saturated rings. The molecule has 2 rings (SSSR count). The second-order valence-electron chi connectivity index (χ2n) is 3.59. The van der Waals surface area contributed by atoms with E-state index in [1.807, 2.05) is 0 Å². The molecule has 90 valence electrons. The van der Waals surface area contributed by atoms with E-state index in [2.05, 4.69) is 20.8 Å². The molecule has 0 saturated carbocycles. The summed E-state index contributed by atoms with van der Waals surface area (Å²) in [7, 11) is 0. The molecule has 2 aromatic rings. The van der Waals surface area contributed by atoms with Gasteiger partial charge in [-0.25, -0.2) is 14.2 Å². The first kappa shape index (κ1) is 11.6. The molecule has 0 saturated heterocycles.